The number of alkyl halides is 3. The van der Waals surface area contributed by atoms with Crippen LogP contribution in [0, 0.1) is 0 Å². The molecule has 0 aliphatic rings. The first-order valence-corrected chi connectivity index (χ1v) is 5.54. The van der Waals surface area contributed by atoms with E-state index in [4.69, 9.17) is 33.7 Å². The maximum absolute atomic E-state index is 11.8. The van der Waals surface area contributed by atoms with Crippen LogP contribution >= 0.6 is 23.2 Å². The van der Waals surface area contributed by atoms with E-state index in [1.807, 2.05) is 0 Å². The molecule has 18 heavy (non-hydrogen) atoms. The van der Waals surface area contributed by atoms with Gasteiger partial charge in [0.05, 0.1) is 5.02 Å². The van der Waals surface area contributed by atoms with Gasteiger partial charge in [0, 0.05) is 17.1 Å². The predicted molar refractivity (Wildman–Crippen MR) is 61.9 cm³/mol. The van der Waals surface area contributed by atoms with Gasteiger partial charge in [0.1, 0.15) is 12.4 Å². The Kier molecular flexibility index (Phi) is 5.52. The summed E-state index contributed by atoms with van der Waals surface area (Å²) in [5, 5.41) is 0.530. The van der Waals surface area contributed by atoms with E-state index in [0.29, 0.717) is 10.6 Å². The fourth-order valence-electron chi connectivity index (χ4n) is 1.18. The van der Waals surface area contributed by atoms with Crippen molar-refractivity contribution in [2.45, 2.75) is 12.7 Å². The first-order valence-electron chi connectivity index (χ1n) is 4.79. The molecule has 0 bridgehead atoms. The Morgan fingerprint density at radius 2 is 1.89 bits per heavy atom. The van der Waals surface area contributed by atoms with Gasteiger partial charge in [0.15, 0.2) is 6.79 Å². The summed E-state index contributed by atoms with van der Waals surface area (Å²) in [5.41, 5.74) is 5.93. The van der Waals surface area contributed by atoms with Gasteiger partial charge in [-0.2, -0.15) is 13.2 Å². The lowest BCUT2D eigenvalue weighted by molar-refractivity contribution is -0.186. The van der Waals surface area contributed by atoms with Crippen molar-refractivity contribution in [3.63, 3.8) is 0 Å². The molecule has 0 heterocycles. The van der Waals surface area contributed by atoms with Crippen molar-refractivity contribution >= 4 is 23.2 Å². The molecular formula is C10H10Cl2F3NO2. The zero-order valence-corrected chi connectivity index (χ0v) is 10.6. The zero-order valence-electron chi connectivity index (χ0n) is 9.06. The van der Waals surface area contributed by atoms with E-state index in [-0.39, 0.29) is 17.3 Å². The minimum Gasteiger partial charge on any atom is -0.466 e. The van der Waals surface area contributed by atoms with Crippen molar-refractivity contribution in [2.75, 3.05) is 13.4 Å². The highest BCUT2D eigenvalue weighted by Crippen LogP contribution is 2.32. The molecule has 0 aliphatic heterocycles. The molecule has 1 aromatic carbocycles. The highest BCUT2D eigenvalue weighted by Gasteiger charge is 2.27. The van der Waals surface area contributed by atoms with Gasteiger partial charge in [0.2, 0.25) is 0 Å². The van der Waals surface area contributed by atoms with E-state index < -0.39 is 19.6 Å². The molecule has 1 rings (SSSR count). The number of hydrogen-bond donors (Lipinski definition) is 1. The van der Waals surface area contributed by atoms with Gasteiger partial charge in [-0.15, -0.1) is 0 Å². The van der Waals surface area contributed by atoms with Crippen LogP contribution in [0.4, 0.5) is 13.2 Å². The van der Waals surface area contributed by atoms with Crippen molar-refractivity contribution in [2.24, 2.45) is 5.73 Å². The quantitative estimate of drug-likeness (QED) is 0.670. The number of nitrogens with two attached hydrogens (primary N) is 1. The summed E-state index contributed by atoms with van der Waals surface area (Å²) in [4.78, 5) is 0. The summed E-state index contributed by atoms with van der Waals surface area (Å²) in [7, 11) is 0. The second-order valence-corrected chi connectivity index (χ2v) is 4.15. The summed E-state index contributed by atoms with van der Waals surface area (Å²) in [6.07, 6.45) is -4.40. The van der Waals surface area contributed by atoms with Crippen LogP contribution in [-0.4, -0.2) is 19.6 Å². The Balaban J connectivity index is 2.62. The number of halogens is 5. The van der Waals surface area contributed by atoms with Gasteiger partial charge in [0.25, 0.3) is 0 Å². The minimum absolute atomic E-state index is 0.0921. The van der Waals surface area contributed by atoms with E-state index in [1.165, 1.54) is 12.1 Å². The fraction of sp³-hybridized carbons (Fsp3) is 0.400. The summed E-state index contributed by atoms with van der Waals surface area (Å²) in [6, 6.07) is 2.92. The number of rotatable bonds is 5. The highest BCUT2D eigenvalue weighted by molar-refractivity contribution is 6.35. The largest absolute Gasteiger partial charge is 0.466 e. The normalized spacial score (nSPS) is 11.7. The van der Waals surface area contributed by atoms with Crippen LogP contribution in [0.1, 0.15) is 5.56 Å². The summed E-state index contributed by atoms with van der Waals surface area (Å²) in [6.45, 7) is -1.88. The predicted octanol–water partition coefficient (Wildman–Crippen LogP) is 3.37. The Hall–Kier alpha value is -0.690. The Morgan fingerprint density at radius 1 is 1.22 bits per heavy atom. The molecule has 8 heteroatoms. The van der Waals surface area contributed by atoms with Gasteiger partial charge in [-0.25, -0.2) is 0 Å². The molecule has 2 N–H and O–H groups in total. The lowest BCUT2D eigenvalue weighted by atomic mass is 10.2. The molecule has 0 fully saturated rings. The SMILES string of the molecule is NCc1cc(Cl)cc(Cl)c1OCOCC(F)(F)F. The standard InChI is InChI=1S/C10H10Cl2F3NO2/c11-7-1-6(3-16)9(8(12)2-7)18-5-17-4-10(13,14)15/h1-2H,3-5,16H2. The zero-order chi connectivity index (χ0) is 13.8. The van der Waals surface area contributed by atoms with Gasteiger partial charge in [-0.3, -0.25) is 0 Å². The van der Waals surface area contributed by atoms with Crippen molar-refractivity contribution < 1.29 is 22.6 Å². The highest BCUT2D eigenvalue weighted by atomic mass is 35.5. The van der Waals surface area contributed by atoms with E-state index in [1.54, 1.807) is 0 Å². The van der Waals surface area contributed by atoms with Crippen molar-refractivity contribution in [3.05, 3.63) is 27.7 Å². The third kappa shape index (κ3) is 4.89. The maximum atomic E-state index is 11.8. The Morgan fingerprint density at radius 3 is 2.44 bits per heavy atom. The number of benzene rings is 1. The molecule has 0 radical (unpaired) electrons. The minimum atomic E-state index is -4.40. The molecule has 0 atom stereocenters. The molecule has 0 aliphatic carbocycles. The average Bonchev–Trinajstić information content (AvgIpc) is 2.24. The van der Waals surface area contributed by atoms with E-state index >= 15 is 0 Å². The van der Waals surface area contributed by atoms with Crippen LogP contribution in [0.3, 0.4) is 0 Å². The summed E-state index contributed by atoms with van der Waals surface area (Å²) < 4.78 is 44.8. The Bertz CT molecular complexity index is 413. The lowest BCUT2D eigenvalue weighted by Gasteiger charge is -2.13. The third-order valence-corrected chi connectivity index (χ3v) is 2.36. The molecule has 102 valence electrons. The van der Waals surface area contributed by atoms with Crippen molar-refractivity contribution in [1.82, 2.24) is 0 Å². The van der Waals surface area contributed by atoms with Gasteiger partial charge in [-0.05, 0) is 12.1 Å². The molecule has 0 saturated heterocycles. The first-order chi connectivity index (χ1) is 8.33. The topological polar surface area (TPSA) is 44.5 Å². The van der Waals surface area contributed by atoms with E-state index in [2.05, 4.69) is 4.74 Å². The van der Waals surface area contributed by atoms with Gasteiger partial charge < -0.3 is 15.2 Å². The second-order valence-electron chi connectivity index (χ2n) is 3.31. The van der Waals surface area contributed by atoms with Crippen molar-refractivity contribution in [1.29, 1.82) is 0 Å². The van der Waals surface area contributed by atoms with Crippen LogP contribution in [-0.2, 0) is 11.3 Å². The molecule has 0 saturated carbocycles. The molecule has 1 aromatic rings. The second kappa shape index (κ2) is 6.47. The van der Waals surface area contributed by atoms with E-state index in [0.717, 1.165) is 0 Å². The van der Waals surface area contributed by atoms with Gasteiger partial charge >= 0.3 is 6.18 Å². The van der Waals surface area contributed by atoms with Gasteiger partial charge in [-0.1, -0.05) is 23.2 Å². The molecule has 0 unspecified atom stereocenters. The van der Waals surface area contributed by atoms with Crippen molar-refractivity contribution in [3.8, 4) is 5.75 Å². The fourth-order valence-corrected chi connectivity index (χ4v) is 1.78. The summed E-state index contributed by atoms with van der Waals surface area (Å²) in [5.74, 6) is 0.172. The number of ether oxygens (including phenoxy) is 2. The first kappa shape index (κ1) is 15.4. The van der Waals surface area contributed by atoms with Crippen LogP contribution < -0.4 is 10.5 Å². The summed E-state index contributed by atoms with van der Waals surface area (Å²) >= 11 is 11.6. The molecule has 0 aromatic heterocycles. The van der Waals surface area contributed by atoms with Crippen LogP contribution in [0.2, 0.25) is 10.0 Å². The maximum Gasteiger partial charge on any atom is 0.411 e. The third-order valence-electron chi connectivity index (χ3n) is 1.86. The number of hydrogen-bond acceptors (Lipinski definition) is 3. The molecule has 0 spiro atoms. The molecule has 3 nitrogen and oxygen atoms in total. The van der Waals surface area contributed by atoms with E-state index in [9.17, 15) is 13.2 Å². The molecule has 0 amide bonds. The van der Waals surface area contributed by atoms with Crippen LogP contribution in [0.15, 0.2) is 12.1 Å². The lowest BCUT2D eigenvalue weighted by Crippen LogP contribution is -2.19. The van der Waals surface area contributed by atoms with Crippen LogP contribution in [0.25, 0.3) is 0 Å². The Labute approximate surface area is 112 Å². The van der Waals surface area contributed by atoms with Crippen LogP contribution in [0.5, 0.6) is 5.75 Å². The average molecular weight is 304 g/mol. The smallest absolute Gasteiger partial charge is 0.411 e. The molecular weight excluding hydrogens is 294 g/mol. The monoisotopic (exact) mass is 303 g/mol.